The summed E-state index contributed by atoms with van der Waals surface area (Å²) in [5.74, 6) is 1.12. The van der Waals surface area contributed by atoms with Crippen LogP contribution in [0.2, 0.25) is 5.02 Å². The third-order valence-corrected chi connectivity index (χ3v) is 6.67. The number of pyridine rings is 1. The molecule has 2 aliphatic heterocycles. The average molecular weight is 477 g/mol. The van der Waals surface area contributed by atoms with Gasteiger partial charge in [0.25, 0.3) is 5.91 Å². The van der Waals surface area contributed by atoms with E-state index in [1.165, 1.54) is 0 Å². The van der Waals surface area contributed by atoms with E-state index in [0.29, 0.717) is 63.1 Å². The fourth-order valence-corrected chi connectivity index (χ4v) is 4.80. The number of nitrogens with zero attached hydrogens (tertiary/aromatic N) is 1. The van der Waals surface area contributed by atoms with Crippen molar-refractivity contribution in [3.05, 3.63) is 77.1 Å². The van der Waals surface area contributed by atoms with Crippen LogP contribution in [-0.2, 0) is 9.53 Å². The Kier molecular flexibility index (Phi) is 4.95. The van der Waals surface area contributed by atoms with E-state index in [-0.39, 0.29) is 12.5 Å². The molecule has 1 fully saturated rings. The number of aliphatic hydroxyl groups is 1. The van der Waals surface area contributed by atoms with Gasteiger partial charge in [-0.2, -0.15) is 0 Å². The van der Waals surface area contributed by atoms with Gasteiger partial charge in [0.1, 0.15) is 28.8 Å². The zero-order valence-electron chi connectivity index (χ0n) is 18.0. The molecule has 2 aliphatic rings. The van der Waals surface area contributed by atoms with Gasteiger partial charge in [-0.25, -0.2) is 4.98 Å². The Balaban J connectivity index is 1.37. The summed E-state index contributed by atoms with van der Waals surface area (Å²) in [7, 11) is 0. The molecule has 4 heterocycles. The van der Waals surface area contributed by atoms with E-state index < -0.39 is 11.6 Å². The van der Waals surface area contributed by atoms with E-state index >= 15 is 0 Å². The number of rotatable bonds is 4. The number of para-hydroxylation sites is 1. The molecule has 4 N–H and O–H groups in total. The van der Waals surface area contributed by atoms with Gasteiger partial charge in [0.2, 0.25) is 0 Å². The van der Waals surface area contributed by atoms with Crippen molar-refractivity contribution in [1.82, 2.24) is 9.97 Å². The number of carbonyl (C=O) groups is 1. The quantitative estimate of drug-likeness (QED) is 0.342. The maximum absolute atomic E-state index is 12.7. The van der Waals surface area contributed by atoms with Gasteiger partial charge in [0, 0.05) is 30.4 Å². The van der Waals surface area contributed by atoms with Crippen LogP contribution in [0.3, 0.4) is 0 Å². The van der Waals surface area contributed by atoms with E-state index in [4.69, 9.17) is 21.1 Å². The van der Waals surface area contributed by atoms with Crippen molar-refractivity contribution in [3.63, 3.8) is 0 Å². The summed E-state index contributed by atoms with van der Waals surface area (Å²) >= 11 is 6.56. The Morgan fingerprint density at radius 1 is 1.15 bits per heavy atom. The molecule has 1 saturated heterocycles. The van der Waals surface area contributed by atoms with Crippen molar-refractivity contribution in [2.75, 3.05) is 23.8 Å². The molecule has 2 aromatic carbocycles. The Labute approximate surface area is 199 Å². The van der Waals surface area contributed by atoms with E-state index in [9.17, 15) is 9.90 Å². The van der Waals surface area contributed by atoms with Crippen LogP contribution >= 0.6 is 11.6 Å². The van der Waals surface area contributed by atoms with Gasteiger partial charge in [0.05, 0.1) is 34.6 Å². The van der Waals surface area contributed by atoms with Crippen LogP contribution in [0.15, 0.2) is 60.9 Å². The molecule has 2 atom stereocenters. The number of halogens is 1. The summed E-state index contributed by atoms with van der Waals surface area (Å²) in [6.45, 7) is 0.776. The van der Waals surface area contributed by atoms with Crippen LogP contribution in [0, 0.1) is 0 Å². The van der Waals surface area contributed by atoms with Gasteiger partial charge in [-0.1, -0.05) is 35.9 Å². The summed E-state index contributed by atoms with van der Waals surface area (Å²) < 4.78 is 11.4. The highest BCUT2D eigenvalue weighted by Gasteiger charge is 2.46. The van der Waals surface area contributed by atoms with E-state index in [1.54, 1.807) is 30.6 Å². The largest absolute Gasteiger partial charge is 0.457 e. The summed E-state index contributed by atoms with van der Waals surface area (Å²) in [5, 5.41) is 18.7. The molecule has 0 radical (unpaired) electrons. The summed E-state index contributed by atoms with van der Waals surface area (Å²) in [6.07, 6.45) is 2.83. The zero-order chi connectivity index (χ0) is 23.3. The molecular weight excluding hydrogens is 456 g/mol. The highest BCUT2D eigenvalue weighted by molar-refractivity contribution is 6.31. The Hall–Kier alpha value is -3.59. The molecule has 0 saturated carbocycles. The minimum Gasteiger partial charge on any atom is -0.457 e. The lowest BCUT2D eigenvalue weighted by molar-refractivity contribution is -0.120. The molecule has 8 nitrogen and oxygen atoms in total. The molecule has 2 unspecified atom stereocenters. The number of benzene rings is 2. The van der Waals surface area contributed by atoms with E-state index in [2.05, 4.69) is 20.6 Å². The maximum Gasteiger partial charge on any atom is 0.252 e. The molecule has 9 heteroatoms. The number of aromatic nitrogens is 2. The third-order valence-electron chi connectivity index (χ3n) is 6.34. The molecule has 6 rings (SSSR count). The van der Waals surface area contributed by atoms with Gasteiger partial charge >= 0.3 is 0 Å². The number of hydrogen-bond donors (Lipinski definition) is 4. The first-order valence-electron chi connectivity index (χ1n) is 10.9. The Morgan fingerprint density at radius 3 is 2.76 bits per heavy atom. The summed E-state index contributed by atoms with van der Waals surface area (Å²) in [5.41, 5.74) is 2.13. The van der Waals surface area contributed by atoms with Crippen LogP contribution in [0.25, 0.3) is 11.0 Å². The first kappa shape index (κ1) is 21.0. The standard InChI is InChI=1S/C25H21ClN4O4/c26-18-10-15(34-14-4-2-1-3-5-14)6-7-16(18)22(31)17-11-27-23-20(17)21-19(12-28-23)29-24(32)25(30-21)8-9-33-13-25/h1-7,10-12,22,30-31H,8-9,13H2,(H,27,28)(H,29,32). The number of amides is 1. The van der Waals surface area contributed by atoms with Gasteiger partial charge in [0.15, 0.2) is 0 Å². The second kappa shape index (κ2) is 8.02. The minimum absolute atomic E-state index is 0.145. The van der Waals surface area contributed by atoms with Crippen molar-refractivity contribution in [1.29, 1.82) is 0 Å². The highest BCUT2D eigenvalue weighted by atomic mass is 35.5. The number of carbonyl (C=O) groups excluding carboxylic acids is 1. The molecule has 0 bridgehead atoms. The molecule has 2 aromatic heterocycles. The maximum atomic E-state index is 12.7. The minimum atomic E-state index is -1.03. The Bertz CT molecular complexity index is 1400. The first-order chi connectivity index (χ1) is 16.5. The van der Waals surface area contributed by atoms with E-state index in [1.807, 2.05) is 30.3 Å². The van der Waals surface area contributed by atoms with Gasteiger partial charge in [-0.05, 0) is 24.3 Å². The van der Waals surface area contributed by atoms with Crippen LogP contribution in [-0.4, -0.2) is 39.7 Å². The second-order valence-corrected chi connectivity index (χ2v) is 8.89. The van der Waals surface area contributed by atoms with Gasteiger partial charge in [-0.15, -0.1) is 0 Å². The second-order valence-electron chi connectivity index (χ2n) is 8.48. The monoisotopic (exact) mass is 476 g/mol. The number of fused-ring (bicyclic) bond motifs is 3. The molecule has 1 amide bonds. The third kappa shape index (κ3) is 3.38. The van der Waals surface area contributed by atoms with Crippen LogP contribution in [0.1, 0.15) is 23.7 Å². The molecule has 1 spiro atoms. The highest BCUT2D eigenvalue weighted by Crippen LogP contribution is 2.43. The number of hydrogen-bond acceptors (Lipinski definition) is 6. The number of ether oxygens (including phenoxy) is 2. The van der Waals surface area contributed by atoms with Crippen molar-refractivity contribution < 1.29 is 19.4 Å². The van der Waals surface area contributed by atoms with Crippen molar-refractivity contribution in [3.8, 4) is 11.5 Å². The van der Waals surface area contributed by atoms with Crippen LogP contribution < -0.4 is 15.4 Å². The topological polar surface area (TPSA) is 109 Å². The predicted molar refractivity (Wildman–Crippen MR) is 129 cm³/mol. The number of anilines is 2. The number of aromatic amines is 1. The molecule has 4 aromatic rings. The van der Waals surface area contributed by atoms with E-state index in [0.717, 1.165) is 0 Å². The average Bonchev–Trinajstić information content (AvgIpc) is 3.49. The number of aliphatic hydroxyl groups excluding tert-OH is 1. The Morgan fingerprint density at radius 2 is 2.00 bits per heavy atom. The fraction of sp³-hybridized carbons (Fsp3) is 0.200. The molecule has 34 heavy (non-hydrogen) atoms. The lowest BCUT2D eigenvalue weighted by Crippen LogP contribution is -2.53. The molecular formula is C25H21ClN4O4. The molecule has 0 aliphatic carbocycles. The van der Waals surface area contributed by atoms with Crippen molar-refractivity contribution >= 4 is 39.9 Å². The summed E-state index contributed by atoms with van der Waals surface area (Å²) in [4.78, 5) is 20.3. The number of H-pyrrole nitrogens is 1. The van der Waals surface area contributed by atoms with Crippen molar-refractivity contribution in [2.45, 2.75) is 18.1 Å². The van der Waals surface area contributed by atoms with Crippen molar-refractivity contribution in [2.24, 2.45) is 0 Å². The lowest BCUT2D eigenvalue weighted by Gasteiger charge is -2.34. The predicted octanol–water partition coefficient (Wildman–Crippen LogP) is 4.61. The zero-order valence-corrected chi connectivity index (χ0v) is 18.7. The fourth-order valence-electron chi connectivity index (χ4n) is 4.53. The molecule has 172 valence electrons. The van der Waals surface area contributed by atoms with Crippen LogP contribution in [0.4, 0.5) is 11.4 Å². The van der Waals surface area contributed by atoms with Gasteiger partial charge < -0.3 is 30.2 Å². The first-order valence-corrected chi connectivity index (χ1v) is 11.3. The summed E-state index contributed by atoms with van der Waals surface area (Å²) in [6, 6.07) is 14.6. The number of nitrogens with one attached hydrogen (secondary N) is 3. The van der Waals surface area contributed by atoms with Crippen LogP contribution in [0.5, 0.6) is 11.5 Å². The SMILES string of the molecule is O=C1Nc2cnc3[nH]cc(C(O)c4ccc(Oc5ccccc5)cc4Cl)c3c2NC12CCOC2. The lowest BCUT2D eigenvalue weighted by atomic mass is 9.92. The smallest absolute Gasteiger partial charge is 0.252 e. The normalized spacial score (nSPS) is 20.1. The van der Waals surface area contributed by atoms with Gasteiger partial charge in [-0.3, -0.25) is 4.79 Å².